The van der Waals surface area contributed by atoms with E-state index in [1.807, 2.05) is 20.1 Å². The van der Waals surface area contributed by atoms with Crippen molar-refractivity contribution in [1.29, 1.82) is 0 Å². The topological polar surface area (TPSA) is 94.3 Å². The number of hydrogen-bond donors (Lipinski definition) is 1. The number of carbonyl (C=O) groups excluding carboxylic acids is 1. The fourth-order valence-electron chi connectivity index (χ4n) is 2.47. The molecule has 1 N–H and O–H groups in total. The van der Waals surface area contributed by atoms with Gasteiger partial charge in [-0.05, 0) is 26.2 Å². The van der Waals surface area contributed by atoms with Crippen LogP contribution in [0.25, 0.3) is 5.78 Å². The molecule has 9 heteroatoms. The van der Waals surface area contributed by atoms with Crippen LogP contribution in [-0.2, 0) is 11.2 Å². The normalized spacial score (nSPS) is 10.9. The number of rotatable bonds is 5. The minimum Gasteiger partial charge on any atom is -0.481 e. The van der Waals surface area contributed by atoms with Crippen LogP contribution in [0.5, 0.6) is 5.88 Å². The van der Waals surface area contributed by atoms with E-state index in [1.54, 1.807) is 30.0 Å². The van der Waals surface area contributed by atoms with Gasteiger partial charge in [-0.25, -0.2) is 14.5 Å². The van der Waals surface area contributed by atoms with E-state index in [9.17, 15) is 4.79 Å². The van der Waals surface area contributed by atoms with Crippen molar-refractivity contribution in [3.63, 3.8) is 0 Å². The van der Waals surface area contributed by atoms with Gasteiger partial charge in [0, 0.05) is 23.0 Å². The molecule has 0 aromatic carbocycles. The molecule has 0 aliphatic rings. The number of nitrogens with one attached hydrogen (secondary N) is 1. The van der Waals surface area contributed by atoms with Gasteiger partial charge in [-0.2, -0.15) is 4.98 Å². The Hall–Kier alpha value is -2.68. The molecule has 1 amide bonds. The molecular weight excluding hydrogens is 340 g/mol. The van der Waals surface area contributed by atoms with Gasteiger partial charge in [-0.1, -0.05) is 11.8 Å². The molecule has 0 saturated heterocycles. The maximum Gasteiger partial charge on any atom is 0.253 e. The highest BCUT2D eigenvalue weighted by Gasteiger charge is 2.16. The third kappa shape index (κ3) is 3.55. The van der Waals surface area contributed by atoms with Crippen molar-refractivity contribution >= 4 is 29.1 Å². The van der Waals surface area contributed by atoms with Gasteiger partial charge in [0.1, 0.15) is 0 Å². The second kappa shape index (κ2) is 7.06. The summed E-state index contributed by atoms with van der Waals surface area (Å²) >= 11 is 1.45. The van der Waals surface area contributed by atoms with Gasteiger partial charge in [-0.15, -0.1) is 5.10 Å². The van der Waals surface area contributed by atoms with E-state index in [0.717, 1.165) is 17.0 Å². The van der Waals surface area contributed by atoms with Crippen LogP contribution in [0.1, 0.15) is 17.0 Å². The van der Waals surface area contributed by atoms with Gasteiger partial charge in [0.05, 0.1) is 25.4 Å². The summed E-state index contributed by atoms with van der Waals surface area (Å²) in [5.74, 6) is 0.891. The zero-order valence-corrected chi connectivity index (χ0v) is 15.2. The monoisotopic (exact) mass is 358 g/mol. The third-order valence-electron chi connectivity index (χ3n) is 3.78. The molecule has 0 unspecified atom stereocenters. The Morgan fingerprint density at radius 1 is 1.32 bits per heavy atom. The molecule has 3 aromatic heterocycles. The van der Waals surface area contributed by atoms with Crippen LogP contribution in [0.2, 0.25) is 0 Å². The summed E-state index contributed by atoms with van der Waals surface area (Å²) in [5, 5.41) is 7.87. The largest absolute Gasteiger partial charge is 0.481 e. The van der Waals surface area contributed by atoms with Crippen LogP contribution >= 0.6 is 11.8 Å². The fourth-order valence-corrected chi connectivity index (χ4v) is 2.81. The molecule has 8 nitrogen and oxygen atoms in total. The summed E-state index contributed by atoms with van der Waals surface area (Å²) in [6.45, 7) is 3.79. The SMILES string of the molecule is COc1ccc(NC(=O)Cc2c(C)nc3nc(SC)nn3c2C)cn1. The Labute approximate surface area is 149 Å². The zero-order chi connectivity index (χ0) is 18.0. The lowest BCUT2D eigenvalue weighted by molar-refractivity contribution is -0.115. The number of hydrogen-bond acceptors (Lipinski definition) is 7. The molecule has 0 bridgehead atoms. The van der Waals surface area contributed by atoms with Crippen LogP contribution in [-0.4, -0.2) is 43.8 Å². The fraction of sp³-hybridized carbons (Fsp3) is 0.312. The molecule has 130 valence electrons. The number of fused-ring (bicyclic) bond motifs is 1. The Bertz CT molecular complexity index is 923. The van der Waals surface area contributed by atoms with Crippen molar-refractivity contribution in [2.45, 2.75) is 25.4 Å². The molecule has 3 heterocycles. The average molecular weight is 358 g/mol. The second-order valence-electron chi connectivity index (χ2n) is 5.39. The lowest BCUT2D eigenvalue weighted by atomic mass is 10.1. The summed E-state index contributed by atoms with van der Waals surface area (Å²) in [5.41, 5.74) is 3.08. The van der Waals surface area contributed by atoms with Crippen molar-refractivity contribution in [3.05, 3.63) is 35.3 Å². The standard InChI is InChI=1S/C16H18N6O2S/c1-9-12(10(2)22-15(18-9)20-16(21-22)25-4)7-13(23)19-11-5-6-14(24-3)17-8-11/h5-6,8H,7H2,1-4H3,(H,19,23). The maximum atomic E-state index is 12.4. The third-order valence-corrected chi connectivity index (χ3v) is 4.32. The number of ether oxygens (including phenoxy) is 1. The molecule has 0 aliphatic carbocycles. The Balaban J connectivity index is 1.82. The highest BCUT2D eigenvalue weighted by molar-refractivity contribution is 7.98. The van der Waals surface area contributed by atoms with Crippen molar-refractivity contribution in [2.24, 2.45) is 0 Å². The van der Waals surface area contributed by atoms with Crippen LogP contribution in [0, 0.1) is 13.8 Å². The van der Waals surface area contributed by atoms with Crippen LogP contribution in [0.3, 0.4) is 0 Å². The van der Waals surface area contributed by atoms with Gasteiger partial charge in [0.2, 0.25) is 16.9 Å². The predicted octanol–water partition coefficient (Wildman–Crippen LogP) is 2.05. The summed E-state index contributed by atoms with van der Waals surface area (Å²) in [6.07, 6.45) is 3.66. The van der Waals surface area contributed by atoms with E-state index in [4.69, 9.17) is 4.74 Å². The van der Waals surface area contributed by atoms with Gasteiger partial charge in [0.25, 0.3) is 5.78 Å². The summed E-state index contributed by atoms with van der Waals surface area (Å²) in [4.78, 5) is 25.3. The predicted molar refractivity (Wildman–Crippen MR) is 95.2 cm³/mol. The van der Waals surface area contributed by atoms with Gasteiger partial charge >= 0.3 is 0 Å². The van der Waals surface area contributed by atoms with Gasteiger partial charge < -0.3 is 10.1 Å². The lowest BCUT2D eigenvalue weighted by Crippen LogP contribution is -2.18. The van der Waals surface area contributed by atoms with E-state index >= 15 is 0 Å². The molecule has 3 aromatic rings. The van der Waals surface area contributed by atoms with Gasteiger partial charge in [-0.3, -0.25) is 4.79 Å². The number of methoxy groups -OCH3 is 1. The van der Waals surface area contributed by atoms with Crippen LogP contribution in [0.15, 0.2) is 23.5 Å². The van der Waals surface area contributed by atoms with E-state index < -0.39 is 0 Å². The number of carbonyl (C=O) groups is 1. The van der Waals surface area contributed by atoms with Crippen LogP contribution < -0.4 is 10.1 Å². The number of thioether (sulfide) groups is 1. The molecule has 0 fully saturated rings. The van der Waals surface area contributed by atoms with Crippen molar-refractivity contribution < 1.29 is 9.53 Å². The molecule has 0 radical (unpaired) electrons. The molecule has 25 heavy (non-hydrogen) atoms. The first-order chi connectivity index (χ1) is 12.0. The minimum absolute atomic E-state index is 0.149. The highest BCUT2D eigenvalue weighted by Crippen LogP contribution is 2.18. The number of aromatic nitrogens is 5. The van der Waals surface area contributed by atoms with Gasteiger partial charge in [0.15, 0.2) is 0 Å². The Kier molecular flexibility index (Phi) is 4.84. The summed E-state index contributed by atoms with van der Waals surface area (Å²) < 4.78 is 6.68. The first-order valence-corrected chi connectivity index (χ1v) is 8.81. The first-order valence-electron chi connectivity index (χ1n) is 7.58. The molecule has 0 spiro atoms. The Morgan fingerprint density at radius 2 is 2.12 bits per heavy atom. The average Bonchev–Trinajstić information content (AvgIpc) is 3.02. The van der Waals surface area contributed by atoms with E-state index in [-0.39, 0.29) is 12.3 Å². The number of pyridine rings is 1. The molecular formula is C16H18N6O2S. The van der Waals surface area contributed by atoms with Crippen molar-refractivity contribution in [2.75, 3.05) is 18.7 Å². The quantitative estimate of drug-likeness (QED) is 0.698. The van der Waals surface area contributed by atoms with Crippen molar-refractivity contribution in [3.8, 4) is 5.88 Å². The summed E-state index contributed by atoms with van der Waals surface area (Å²) in [6, 6.07) is 3.44. The number of nitrogens with zero attached hydrogens (tertiary/aromatic N) is 5. The Morgan fingerprint density at radius 3 is 2.76 bits per heavy atom. The molecule has 3 rings (SSSR count). The maximum absolute atomic E-state index is 12.4. The number of amides is 1. The second-order valence-corrected chi connectivity index (χ2v) is 6.16. The smallest absolute Gasteiger partial charge is 0.253 e. The van der Waals surface area contributed by atoms with E-state index in [2.05, 4.69) is 25.4 Å². The molecule has 0 aliphatic heterocycles. The first kappa shape index (κ1) is 17.2. The lowest BCUT2D eigenvalue weighted by Gasteiger charge is -2.10. The highest BCUT2D eigenvalue weighted by atomic mass is 32.2. The number of anilines is 1. The molecule has 0 saturated carbocycles. The minimum atomic E-state index is -0.149. The summed E-state index contributed by atoms with van der Waals surface area (Å²) in [7, 11) is 1.54. The van der Waals surface area contributed by atoms with Crippen LogP contribution in [0.4, 0.5) is 5.69 Å². The van der Waals surface area contributed by atoms with E-state index in [1.165, 1.54) is 11.8 Å². The molecule has 0 atom stereocenters. The number of aryl methyl sites for hydroxylation is 2. The van der Waals surface area contributed by atoms with E-state index in [0.29, 0.717) is 22.5 Å². The van der Waals surface area contributed by atoms with Crippen molar-refractivity contribution in [1.82, 2.24) is 24.6 Å². The zero-order valence-electron chi connectivity index (χ0n) is 14.4.